The fraction of sp³-hybridized carbons (Fsp3) is 0.357. The van der Waals surface area contributed by atoms with Crippen LogP contribution in [0.25, 0.3) is 0 Å². The highest BCUT2D eigenvalue weighted by atomic mass is 16.7. The Hall–Kier alpha value is -2.37. The van der Waals surface area contributed by atoms with Gasteiger partial charge in [-0.2, -0.15) is 0 Å². The molecule has 6 nitrogen and oxygen atoms in total. The molecule has 1 aliphatic heterocycles. The minimum Gasteiger partial charge on any atom is -0.372 e. The molecule has 106 valence electrons. The lowest BCUT2D eigenvalue weighted by molar-refractivity contribution is -0.165. The van der Waals surface area contributed by atoms with E-state index in [-0.39, 0.29) is 11.1 Å². The van der Waals surface area contributed by atoms with Crippen LogP contribution in [0.2, 0.25) is 0 Å². The normalized spacial score (nSPS) is 13.4. The van der Waals surface area contributed by atoms with Gasteiger partial charge < -0.3 is 9.74 Å². The topological polar surface area (TPSA) is 66.9 Å². The third kappa shape index (κ3) is 2.24. The average Bonchev–Trinajstić information content (AvgIpc) is 2.65. The highest BCUT2D eigenvalue weighted by molar-refractivity contribution is 6.21. The van der Waals surface area contributed by atoms with Crippen LogP contribution in [0.5, 0.6) is 0 Å². The summed E-state index contributed by atoms with van der Waals surface area (Å²) in [6.07, 6.45) is 0. The number of hydrogen-bond acceptors (Lipinski definition) is 5. The van der Waals surface area contributed by atoms with Gasteiger partial charge in [0.15, 0.2) is 0 Å². The van der Waals surface area contributed by atoms with E-state index in [1.54, 1.807) is 18.2 Å². The zero-order valence-corrected chi connectivity index (χ0v) is 11.7. The van der Waals surface area contributed by atoms with Gasteiger partial charge in [0.1, 0.15) is 0 Å². The molecule has 2 amide bonds. The molecule has 0 N–H and O–H groups in total. The second-order valence-corrected chi connectivity index (χ2v) is 4.39. The SMILES string of the molecule is CCN(CC)c1ccc2c(c1)C(=O)N(OC(C)=O)C2=O. The van der Waals surface area contributed by atoms with E-state index in [4.69, 9.17) is 0 Å². The number of amides is 2. The van der Waals surface area contributed by atoms with Crippen LogP contribution in [0, 0.1) is 0 Å². The first-order chi connectivity index (χ1) is 9.49. The van der Waals surface area contributed by atoms with Gasteiger partial charge in [0, 0.05) is 25.7 Å². The minimum absolute atomic E-state index is 0.257. The molecule has 20 heavy (non-hydrogen) atoms. The fourth-order valence-electron chi connectivity index (χ4n) is 2.20. The predicted octanol–water partition coefficient (Wildman–Crippen LogP) is 1.61. The van der Waals surface area contributed by atoms with Crippen molar-refractivity contribution in [2.24, 2.45) is 0 Å². The highest BCUT2D eigenvalue weighted by Crippen LogP contribution is 2.27. The van der Waals surface area contributed by atoms with Gasteiger partial charge in [-0.3, -0.25) is 9.59 Å². The standard InChI is InChI=1S/C14H16N2O4/c1-4-15(5-2)10-6-7-11-12(8-10)14(19)16(13(11)18)20-9(3)17/h6-8H,4-5H2,1-3H3. The first kappa shape index (κ1) is 14.0. The van der Waals surface area contributed by atoms with E-state index in [1.807, 2.05) is 13.8 Å². The van der Waals surface area contributed by atoms with Crippen molar-refractivity contribution in [1.82, 2.24) is 5.06 Å². The third-order valence-electron chi connectivity index (χ3n) is 3.18. The number of benzene rings is 1. The predicted molar refractivity (Wildman–Crippen MR) is 72.3 cm³/mol. The highest BCUT2D eigenvalue weighted by Gasteiger charge is 2.38. The summed E-state index contributed by atoms with van der Waals surface area (Å²) in [5.74, 6) is -1.91. The molecule has 1 aromatic carbocycles. The molecule has 0 saturated carbocycles. The van der Waals surface area contributed by atoms with Crippen LogP contribution >= 0.6 is 0 Å². The zero-order chi connectivity index (χ0) is 14.9. The quantitative estimate of drug-likeness (QED) is 0.781. The summed E-state index contributed by atoms with van der Waals surface area (Å²) in [5, 5.41) is 0.513. The van der Waals surface area contributed by atoms with Gasteiger partial charge in [0.05, 0.1) is 11.1 Å². The van der Waals surface area contributed by atoms with Crippen LogP contribution in [0.15, 0.2) is 18.2 Å². The molecule has 0 unspecified atom stereocenters. The Morgan fingerprint density at radius 2 is 1.75 bits per heavy atom. The number of carbonyl (C=O) groups excluding carboxylic acids is 3. The largest absolute Gasteiger partial charge is 0.372 e. The number of anilines is 1. The lowest BCUT2D eigenvalue weighted by Crippen LogP contribution is -2.31. The van der Waals surface area contributed by atoms with E-state index in [0.717, 1.165) is 25.7 Å². The summed E-state index contributed by atoms with van der Waals surface area (Å²) < 4.78 is 0. The Labute approximate surface area is 116 Å². The molecule has 1 aromatic rings. The van der Waals surface area contributed by atoms with Crippen molar-refractivity contribution in [2.75, 3.05) is 18.0 Å². The summed E-state index contributed by atoms with van der Waals surface area (Å²) in [7, 11) is 0. The molecular weight excluding hydrogens is 260 g/mol. The number of nitrogens with zero attached hydrogens (tertiary/aromatic N) is 2. The fourth-order valence-corrected chi connectivity index (χ4v) is 2.20. The van der Waals surface area contributed by atoms with E-state index in [1.165, 1.54) is 0 Å². The van der Waals surface area contributed by atoms with Crippen molar-refractivity contribution < 1.29 is 19.2 Å². The molecule has 0 atom stereocenters. The summed E-state index contributed by atoms with van der Waals surface area (Å²) in [6.45, 7) is 6.75. The molecule has 0 aliphatic carbocycles. The van der Waals surface area contributed by atoms with E-state index in [0.29, 0.717) is 5.06 Å². The van der Waals surface area contributed by atoms with E-state index in [9.17, 15) is 14.4 Å². The number of imide groups is 1. The smallest absolute Gasteiger partial charge is 0.330 e. The molecule has 0 fully saturated rings. The monoisotopic (exact) mass is 276 g/mol. The molecule has 1 aliphatic rings. The maximum Gasteiger partial charge on any atom is 0.330 e. The second-order valence-electron chi connectivity index (χ2n) is 4.39. The van der Waals surface area contributed by atoms with Crippen LogP contribution in [-0.4, -0.2) is 35.9 Å². The van der Waals surface area contributed by atoms with Crippen molar-refractivity contribution in [1.29, 1.82) is 0 Å². The van der Waals surface area contributed by atoms with Crippen LogP contribution < -0.4 is 4.90 Å². The summed E-state index contributed by atoms with van der Waals surface area (Å²) in [4.78, 5) is 41.7. The lowest BCUT2D eigenvalue weighted by Gasteiger charge is -2.21. The number of carbonyl (C=O) groups is 3. The van der Waals surface area contributed by atoms with Crippen molar-refractivity contribution in [3.63, 3.8) is 0 Å². The lowest BCUT2D eigenvalue weighted by atomic mass is 10.1. The van der Waals surface area contributed by atoms with Gasteiger partial charge in [-0.25, -0.2) is 4.79 Å². The molecule has 0 aromatic heterocycles. The Bertz CT molecular complexity index is 579. The van der Waals surface area contributed by atoms with Gasteiger partial charge in [-0.05, 0) is 32.0 Å². The van der Waals surface area contributed by atoms with Crippen LogP contribution in [0.3, 0.4) is 0 Å². The first-order valence-electron chi connectivity index (χ1n) is 6.45. The third-order valence-corrected chi connectivity index (χ3v) is 3.18. The number of hydroxylamine groups is 2. The van der Waals surface area contributed by atoms with E-state index < -0.39 is 17.8 Å². The number of fused-ring (bicyclic) bond motifs is 1. The molecule has 0 radical (unpaired) electrons. The van der Waals surface area contributed by atoms with Crippen molar-refractivity contribution in [2.45, 2.75) is 20.8 Å². The summed E-state index contributed by atoms with van der Waals surface area (Å²) in [5.41, 5.74) is 1.38. The first-order valence-corrected chi connectivity index (χ1v) is 6.45. The molecule has 2 rings (SSSR count). The minimum atomic E-state index is -0.705. The Morgan fingerprint density at radius 1 is 1.15 bits per heavy atom. The zero-order valence-electron chi connectivity index (χ0n) is 11.7. The molecule has 6 heteroatoms. The molecular formula is C14H16N2O4. The number of hydrogen-bond donors (Lipinski definition) is 0. The maximum atomic E-state index is 12.1. The number of rotatable bonds is 4. The van der Waals surface area contributed by atoms with Gasteiger partial charge in [0.2, 0.25) is 0 Å². The molecule has 0 bridgehead atoms. The van der Waals surface area contributed by atoms with Gasteiger partial charge in [0.25, 0.3) is 11.8 Å². The van der Waals surface area contributed by atoms with Crippen LogP contribution in [0.4, 0.5) is 5.69 Å². The summed E-state index contributed by atoms with van der Waals surface area (Å²) in [6, 6.07) is 5.03. The maximum absolute atomic E-state index is 12.1. The van der Waals surface area contributed by atoms with E-state index in [2.05, 4.69) is 9.74 Å². The van der Waals surface area contributed by atoms with Gasteiger partial charge in [-0.15, -0.1) is 0 Å². The van der Waals surface area contributed by atoms with Crippen LogP contribution in [-0.2, 0) is 9.63 Å². The van der Waals surface area contributed by atoms with Gasteiger partial charge >= 0.3 is 5.97 Å². The molecule has 0 spiro atoms. The van der Waals surface area contributed by atoms with Crippen molar-refractivity contribution >= 4 is 23.5 Å². The summed E-state index contributed by atoms with van der Waals surface area (Å²) >= 11 is 0. The Kier molecular flexibility index (Phi) is 3.74. The van der Waals surface area contributed by atoms with Gasteiger partial charge in [-0.1, -0.05) is 5.06 Å². The van der Waals surface area contributed by atoms with Crippen molar-refractivity contribution in [3.05, 3.63) is 29.3 Å². The Morgan fingerprint density at radius 3 is 2.30 bits per heavy atom. The van der Waals surface area contributed by atoms with Crippen LogP contribution in [0.1, 0.15) is 41.5 Å². The van der Waals surface area contributed by atoms with E-state index >= 15 is 0 Å². The second kappa shape index (κ2) is 5.32. The molecule has 1 heterocycles. The molecule has 0 saturated heterocycles. The average molecular weight is 276 g/mol. The Balaban J connectivity index is 2.38. The van der Waals surface area contributed by atoms with Crippen molar-refractivity contribution in [3.8, 4) is 0 Å².